The number of halogens is 3. The van der Waals surface area contributed by atoms with Gasteiger partial charge in [0.2, 0.25) is 5.91 Å². The topological polar surface area (TPSA) is 81.7 Å². The van der Waals surface area contributed by atoms with Gasteiger partial charge < -0.3 is 15.7 Å². The van der Waals surface area contributed by atoms with Crippen molar-refractivity contribution in [3.8, 4) is 0 Å². The highest BCUT2D eigenvalue weighted by Crippen LogP contribution is 2.38. The van der Waals surface area contributed by atoms with E-state index in [9.17, 15) is 27.9 Å². The third-order valence-electron chi connectivity index (χ3n) is 6.72. The molecule has 1 saturated carbocycles. The van der Waals surface area contributed by atoms with Gasteiger partial charge in [0.05, 0.1) is 24.3 Å². The molecule has 3 N–H and O–H groups in total. The first-order valence-corrected chi connectivity index (χ1v) is 11.4. The van der Waals surface area contributed by atoms with Crippen LogP contribution >= 0.6 is 0 Å². The van der Waals surface area contributed by atoms with E-state index in [0.717, 1.165) is 37.5 Å². The number of amides is 2. The summed E-state index contributed by atoms with van der Waals surface area (Å²) < 4.78 is 38.5. The summed E-state index contributed by atoms with van der Waals surface area (Å²) in [7, 11) is 0. The van der Waals surface area contributed by atoms with Gasteiger partial charge in [-0.1, -0.05) is 36.4 Å². The molecule has 0 bridgehead atoms. The van der Waals surface area contributed by atoms with E-state index in [1.165, 1.54) is 11.6 Å². The Kier molecular flexibility index (Phi) is 7.23. The third-order valence-corrected chi connectivity index (χ3v) is 6.72. The third kappa shape index (κ3) is 5.77. The lowest BCUT2D eigenvalue weighted by molar-refractivity contribution is -0.137. The van der Waals surface area contributed by atoms with Crippen molar-refractivity contribution in [2.45, 2.75) is 49.5 Å². The van der Waals surface area contributed by atoms with Gasteiger partial charge >= 0.3 is 6.18 Å². The monoisotopic (exact) mass is 475 g/mol. The molecule has 2 amide bonds. The first-order valence-electron chi connectivity index (χ1n) is 11.4. The van der Waals surface area contributed by atoms with Gasteiger partial charge in [-0.3, -0.25) is 14.5 Å². The lowest BCUT2D eigenvalue weighted by Crippen LogP contribution is -2.47. The van der Waals surface area contributed by atoms with E-state index in [4.69, 9.17) is 0 Å². The predicted octanol–water partition coefficient (Wildman–Crippen LogP) is 2.93. The number of hydrogen-bond donors (Lipinski definition) is 3. The van der Waals surface area contributed by atoms with E-state index < -0.39 is 42.2 Å². The largest absolute Gasteiger partial charge is 0.416 e. The van der Waals surface area contributed by atoms with Crippen molar-refractivity contribution in [1.29, 1.82) is 0 Å². The van der Waals surface area contributed by atoms with Crippen LogP contribution in [0.1, 0.15) is 46.7 Å². The fourth-order valence-electron chi connectivity index (χ4n) is 4.93. The van der Waals surface area contributed by atoms with E-state index >= 15 is 0 Å². The predicted molar refractivity (Wildman–Crippen MR) is 120 cm³/mol. The Labute approximate surface area is 196 Å². The van der Waals surface area contributed by atoms with Crippen LogP contribution in [-0.4, -0.2) is 59.6 Å². The van der Waals surface area contributed by atoms with Crippen molar-refractivity contribution in [2.24, 2.45) is 0 Å². The molecule has 2 aromatic carbocycles. The second-order valence-electron chi connectivity index (χ2n) is 9.03. The molecule has 6 nitrogen and oxygen atoms in total. The van der Waals surface area contributed by atoms with E-state index in [-0.39, 0.29) is 5.56 Å². The maximum Gasteiger partial charge on any atom is 0.416 e. The molecule has 0 unspecified atom stereocenters. The molecule has 0 spiro atoms. The quantitative estimate of drug-likeness (QED) is 0.600. The Bertz CT molecular complexity index is 1020. The number of hydrogen-bond acceptors (Lipinski definition) is 4. The second kappa shape index (κ2) is 10.1. The standard InChI is InChI=1S/C25H28F3N3O3/c26-25(27,28)19-8-4-7-18(11-19)24(34)29-13-23(33)30-21-14-31(15-22(21)32)20-10-9-17(12-20)16-5-2-1-3-6-16/h1-8,11,17,20-22,32H,9-10,12-15H2,(H,29,34)(H,30,33)/t17-,20-,21-,22-/m0/s1. The molecule has 1 heterocycles. The molecule has 9 heteroatoms. The fraction of sp³-hybridized carbons (Fsp3) is 0.440. The molecule has 34 heavy (non-hydrogen) atoms. The van der Waals surface area contributed by atoms with Crippen LogP contribution in [0.25, 0.3) is 0 Å². The Morgan fingerprint density at radius 1 is 1.03 bits per heavy atom. The molecular formula is C25H28F3N3O3. The van der Waals surface area contributed by atoms with Crippen LogP contribution < -0.4 is 10.6 Å². The van der Waals surface area contributed by atoms with Crippen LogP contribution in [0.2, 0.25) is 0 Å². The van der Waals surface area contributed by atoms with Gasteiger partial charge in [-0.2, -0.15) is 13.2 Å². The lowest BCUT2D eigenvalue weighted by Gasteiger charge is -2.24. The molecule has 1 aliphatic heterocycles. The molecule has 4 atom stereocenters. The van der Waals surface area contributed by atoms with Crippen molar-refractivity contribution >= 4 is 11.8 Å². The van der Waals surface area contributed by atoms with Crippen LogP contribution in [-0.2, 0) is 11.0 Å². The number of nitrogens with one attached hydrogen (secondary N) is 2. The normalized spacial score (nSPS) is 25.3. The first kappa shape index (κ1) is 24.2. The Morgan fingerprint density at radius 2 is 1.79 bits per heavy atom. The number of carbonyl (C=O) groups is 2. The minimum absolute atomic E-state index is 0.177. The van der Waals surface area contributed by atoms with Gasteiger partial charge in [-0.15, -0.1) is 0 Å². The molecule has 182 valence electrons. The van der Waals surface area contributed by atoms with E-state index in [1.807, 2.05) is 18.2 Å². The van der Waals surface area contributed by atoms with Gasteiger partial charge in [0.25, 0.3) is 5.91 Å². The number of β-amino-alcohol motifs (C(OH)–C–C–N with tert-alkyl or cyclic N) is 1. The number of likely N-dealkylation sites (tertiary alicyclic amines) is 1. The number of benzene rings is 2. The number of aliphatic hydroxyl groups excluding tert-OH is 1. The number of alkyl halides is 3. The molecule has 2 aliphatic rings. The maximum absolute atomic E-state index is 12.8. The average Bonchev–Trinajstić information content (AvgIpc) is 3.45. The highest BCUT2D eigenvalue weighted by molar-refractivity contribution is 5.96. The number of rotatable bonds is 6. The van der Waals surface area contributed by atoms with Crippen LogP contribution in [0.5, 0.6) is 0 Å². The molecule has 2 aromatic rings. The zero-order chi connectivity index (χ0) is 24.3. The minimum Gasteiger partial charge on any atom is -0.390 e. The van der Waals surface area contributed by atoms with Crippen molar-refractivity contribution in [2.75, 3.05) is 19.6 Å². The summed E-state index contributed by atoms with van der Waals surface area (Å²) in [6, 6.07) is 14.3. The van der Waals surface area contributed by atoms with Gasteiger partial charge in [-0.05, 0) is 48.9 Å². The van der Waals surface area contributed by atoms with Crippen LogP contribution in [0.15, 0.2) is 54.6 Å². The Morgan fingerprint density at radius 3 is 2.53 bits per heavy atom. The van der Waals surface area contributed by atoms with Crippen molar-refractivity contribution in [3.05, 3.63) is 71.3 Å². The van der Waals surface area contributed by atoms with Crippen molar-refractivity contribution in [3.63, 3.8) is 0 Å². The zero-order valence-corrected chi connectivity index (χ0v) is 18.6. The molecule has 0 radical (unpaired) electrons. The summed E-state index contributed by atoms with van der Waals surface area (Å²) in [5, 5.41) is 15.5. The van der Waals surface area contributed by atoms with E-state index in [1.54, 1.807) is 0 Å². The van der Waals surface area contributed by atoms with Crippen molar-refractivity contribution in [1.82, 2.24) is 15.5 Å². The first-order chi connectivity index (χ1) is 16.2. The zero-order valence-electron chi connectivity index (χ0n) is 18.6. The van der Waals surface area contributed by atoms with Crippen LogP contribution in [0.4, 0.5) is 13.2 Å². The van der Waals surface area contributed by atoms with E-state index in [0.29, 0.717) is 25.0 Å². The van der Waals surface area contributed by atoms with E-state index in [2.05, 4.69) is 27.7 Å². The number of aliphatic hydroxyl groups is 1. The number of nitrogens with zero attached hydrogens (tertiary/aromatic N) is 1. The summed E-state index contributed by atoms with van der Waals surface area (Å²) in [6.07, 6.45) is -2.16. The summed E-state index contributed by atoms with van der Waals surface area (Å²) in [4.78, 5) is 26.7. The van der Waals surface area contributed by atoms with Crippen molar-refractivity contribution < 1.29 is 27.9 Å². The Balaban J connectivity index is 1.25. The van der Waals surface area contributed by atoms with Crippen LogP contribution in [0, 0.1) is 0 Å². The number of carbonyl (C=O) groups excluding carboxylic acids is 2. The average molecular weight is 476 g/mol. The summed E-state index contributed by atoms with van der Waals surface area (Å²) in [5.74, 6) is -0.782. The smallest absolute Gasteiger partial charge is 0.390 e. The molecule has 4 rings (SSSR count). The highest BCUT2D eigenvalue weighted by atomic mass is 19.4. The van der Waals surface area contributed by atoms with Gasteiger partial charge in [-0.25, -0.2) is 0 Å². The Hall–Kier alpha value is -2.91. The van der Waals surface area contributed by atoms with Gasteiger partial charge in [0.1, 0.15) is 0 Å². The van der Waals surface area contributed by atoms with Crippen LogP contribution in [0.3, 0.4) is 0 Å². The highest BCUT2D eigenvalue weighted by Gasteiger charge is 2.39. The summed E-state index contributed by atoms with van der Waals surface area (Å²) in [5.41, 5.74) is 0.218. The molecule has 1 aliphatic carbocycles. The fourth-order valence-corrected chi connectivity index (χ4v) is 4.93. The summed E-state index contributed by atoms with van der Waals surface area (Å²) in [6.45, 7) is 0.589. The molecular weight excluding hydrogens is 447 g/mol. The summed E-state index contributed by atoms with van der Waals surface area (Å²) >= 11 is 0. The van der Waals surface area contributed by atoms with Gasteiger partial charge in [0.15, 0.2) is 0 Å². The van der Waals surface area contributed by atoms with Gasteiger partial charge in [0, 0.05) is 24.7 Å². The molecule has 2 fully saturated rings. The molecule has 0 aromatic heterocycles. The lowest BCUT2D eigenvalue weighted by atomic mass is 9.97. The maximum atomic E-state index is 12.8. The second-order valence-corrected chi connectivity index (χ2v) is 9.03. The molecule has 1 saturated heterocycles. The SMILES string of the molecule is O=C(CNC(=O)c1cccc(C(F)(F)F)c1)N[C@H]1CN([C@H]2CC[C@H](c3ccccc3)C2)C[C@@H]1O. The minimum atomic E-state index is -4.56.